The van der Waals surface area contributed by atoms with E-state index in [9.17, 15) is 14.7 Å². The number of hydrogen-bond acceptors (Lipinski definition) is 5. The first-order valence-corrected chi connectivity index (χ1v) is 8.83. The van der Waals surface area contributed by atoms with Crippen molar-refractivity contribution < 1.29 is 19.4 Å². The predicted molar refractivity (Wildman–Crippen MR) is 98.1 cm³/mol. The minimum atomic E-state index is -0.305. The Morgan fingerprint density at radius 1 is 1.33 bits per heavy atom. The molecule has 1 aliphatic rings. The van der Waals surface area contributed by atoms with Crippen molar-refractivity contribution in [3.05, 3.63) is 29.7 Å². The molecule has 0 aliphatic carbocycles. The van der Waals surface area contributed by atoms with Gasteiger partial charge in [-0.1, -0.05) is 0 Å². The second-order valence-corrected chi connectivity index (χ2v) is 7.48. The standard InChI is InChI=1S/C13H11I2NO4S/c1-20-3-2-16-12(18)10(21-13(16)19)6-7-4-8(14)11(17)9(15)5-7/h4-6,17H,2-3H2,1H3/b10-6+. The molecule has 0 radical (unpaired) electrons. The number of carbonyl (C=O) groups excluding carboxylic acids is 2. The third kappa shape index (κ3) is 3.90. The number of aromatic hydroxyl groups is 1. The number of amides is 2. The molecule has 1 aromatic rings. The van der Waals surface area contributed by atoms with Gasteiger partial charge in [0.05, 0.1) is 25.2 Å². The van der Waals surface area contributed by atoms with Gasteiger partial charge in [0, 0.05) is 7.11 Å². The Morgan fingerprint density at radius 2 is 1.95 bits per heavy atom. The largest absolute Gasteiger partial charge is 0.506 e. The summed E-state index contributed by atoms with van der Waals surface area (Å²) in [5.41, 5.74) is 0.777. The zero-order chi connectivity index (χ0) is 15.6. The number of imide groups is 1. The summed E-state index contributed by atoms with van der Waals surface area (Å²) >= 11 is 4.97. The molecule has 1 fully saturated rings. The fourth-order valence-electron chi connectivity index (χ4n) is 1.70. The SMILES string of the molecule is COCCN1C(=O)S/C(=C/c2cc(I)c(O)c(I)c2)C1=O. The first kappa shape index (κ1) is 17.0. The van der Waals surface area contributed by atoms with E-state index in [0.29, 0.717) is 18.7 Å². The molecule has 1 heterocycles. The minimum absolute atomic E-state index is 0.224. The fourth-order valence-corrected chi connectivity index (χ4v) is 4.38. The molecule has 2 rings (SSSR count). The molecule has 1 saturated heterocycles. The summed E-state index contributed by atoms with van der Waals surface area (Å²) in [5, 5.41) is 9.46. The van der Waals surface area contributed by atoms with Crippen LogP contribution in [0.25, 0.3) is 6.08 Å². The van der Waals surface area contributed by atoms with E-state index in [4.69, 9.17) is 4.74 Å². The van der Waals surface area contributed by atoms with E-state index in [1.54, 1.807) is 18.2 Å². The van der Waals surface area contributed by atoms with Gasteiger partial charge >= 0.3 is 0 Å². The van der Waals surface area contributed by atoms with Gasteiger partial charge < -0.3 is 9.84 Å². The van der Waals surface area contributed by atoms with Crippen molar-refractivity contribution in [2.24, 2.45) is 0 Å². The monoisotopic (exact) mass is 531 g/mol. The lowest BCUT2D eigenvalue weighted by Gasteiger charge is -2.10. The Morgan fingerprint density at radius 3 is 2.52 bits per heavy atom. The van der Waals surface area contributed by atoms with Gasteiger partial charge in [0.15, 0.2) is 0 Å². The predicted octanol–water partition coefficient (Wildman–Crippen LogP) is 3.28. The zero-order valence-electron chi connectivity index (χ0n) is 10.9. The van der Waals surface area contributed by atoms with Crippen LogP contribution in [-0.4, -0.2) is 41.4 Å². The number of rotatable bonds is 4. The van der Waals surface area contributed by atoms with E-state index in [1.165, 1.54) is 12.0 Å². The van der Waals surface area contributed by atoms with E-state index in [1.807, 2.05) is 45.2 Å². The quantitative estimate of drug-likeness (QED) is 0.478. The van der Waals surface area contributed by atoms with Gasteiger partial charge in [0.2, 0.25) is 0 Å². The number of nitrogens with zero attached hydrogens (tertiary/aromatic N) is 1. The highest BCUT2D eigenvalue weighted by atomic mass is 127. The van der Waals surface area contributed by atoms with Gasteiger partial charge in [0.1, 0.15) is 5.75 Å². The third-order valence-electron chi connectivity index (χ3n) is 2.73. The van der Waals surface area contributed by atoms with Gasteiger partial charge in [0.25, 0.3) is 11.1 Å². The van der Waals surface area contributed by atoms with Crippen LogP contribution in [-0.2, 0) is 9.53 Å². The number of thioether (sulfide) groups is 1. The van der Waals surface area contributed by atoms with Crippen LogP contribution in [0.1, 0.15) is 5.56 Å². The molecule has 8 heteroatoms. The fraction of sp³-hybridized carbons (Fsp3) is 0.231. The average Bonchev–Trinajstić information content (AvgIpc) is 2.69. The maximum atomic E-state index is 12.2. The Kier molecular flexibility index (Phi) is 5.91. The molecule has 0 unspecified atom stereocenters. The summed E-state index contributed by atoms with van der Waals surface area (Å²) in [6, 6.07) is 3.53. The summed E-state index contributed by atoms with van der Waals surface area (Å²) < 4.78 is 6.29. The molecule has 2 amide bonds. The maximum Gasteiger partial charge on any atom is 0.293 e. The van der Waals surface area contributed by atoms with Crippen molar-refractivity contribution in [3.8, 4) is 5.75 Å². The first-order chi connectivity index (χ1) is 9.93. The van der Waals surface area contributed by atoms with Crippen LogP contribution in [0, 0.1) is 7.14 Å². The van der Waals surface area contributed by atoms with E-state index >= 15 is 0 Å². The van der Waals surface area contributed by atoms with Gasteiger partial charge in [-0.3, -0.25) is 14.5 Å². The summed E-state index contributed by atoms with van der Waals surface area (Å²) in [5.74, 6) is -0.0818. The second kappa shape index (κ2) is 7.29. The molecule has 112 valence electrons. The van der Waals surface area contributed by atoms with Crippen LogP contribution in [0.15, 0.2) is 17.0 Å². The van der Waals surface area contributed by atoms with Crippen molar-refractivity contribution in [3.63, 3.8) is 0 Å². The van der Waals surface area contributed by atoms with Crippen molar-refractivity contribution in [2.75, 3.05) is 20.3 Å². The normalized spacial score (nSPS) is 17.1. The van der Waals surface area contributed by atoms with Crippen LogP contribution >= 0.6 is 56.9 Å². The highest BCUT2D eigenvalue weighted by Crippen LogP contribution is 2.34. The number of hydrogen-bond donors (Lipinski definition) is 1. The summed E-state index contributed by atoms with van der Waals surface area (Å²) in [4.78, 5) is 25.5. The van der Waals surface area contributed by atoms with Crippen LogP contribution < -0.4 is 0 Å². The van der Waals surface area contributed by atoms with Crippen molar-refractivity contribution in [1.29, 1.82) is 0 Å². The highest BCUT2D eigenvalue weighted by Gasteiger charge is 2.34. The van der Waals surface area contributed by atoms with Gasteiger partial charge in [-0.2, -0.15) is 0 Å². The molecule has 0 bridgehead atoms. The third-order valence-corrected chi connectivity index (χ3v) is 5.28. The molecule has 0 atom stereocenters. The maximum absolute atomic E-state index is 12.2. The Bertz CT molecular complexity index is 610. The topological polar surface area (TPSA) is 66.8 Å². The summed E-state index contributed by atoms with van der Waals surface area (Å²) in [6.07, 6.45) is 1.67. The lowest BCUT2D eigenvalue weighted by molar-refractivity contribution is -0.123. The van der Waals surface area contributed by atoms with Crippen LogP contribution in [0.5, 0.6) is 5.75 Å². The number of carbonyl (C=O) groups is 2. The number of phenols is 1. The number of benzene rings is 1. The number of methoxy groups -OCH3 is 1. The Balaban J connectivity index is 2.26. The lowest BCUT2D eigenvalue weighted by Crippen LogP contribution is -2.31. The molecule has 0 saturated carbocycles. The van der Waals surface area contributed by atoms with E-state index in [2.05, 4.69) is 0 Å². The molecular weight excluding hydrogens is 520 g/mol. The van der Waals surface area contributed by atoms with Gasteiger partial charge in [-0.25, -0.2) is 0 Å². The molecule has 0 spiro atoms. The van der Waals surface area contributed by atoms with E-state index in [0.717, 1.165) is 17.3 Å². The number of halogens is 2. The molecule has 1 aliphatic heterocycles. The molecule has 0 aromatic heterocycles. The van der Waals surface area contributed by atoms with Crippen LogP contribution in [0.4, 0.5) is 4.79 Å². The second-order valence-electron chi connectivity index (χ2n) is 4.16. The Labute approximate surface area is 153 Å². The number of phenolic OH excluding ortho intramolecular Hbond substituents is 1. The molecule has 5 nitrogen and oxygen atoms in total. The smallest absolute Gasteiger partial charge is 0.293 e. The average molecular weight is 531 g/mol. The summed E-state index contributed by atoms with van der Waals surface area (Å²) in [6.45, 7) is 0.573. The van der Waals surface area contributed by atoms with E-state index in [-0.39, 0.29) is 23.4 Å². The van der Waals surface area contributed by atoms with E-state index < -0.39 is 0 Å². The minimum Gasteiger partial charge on any atom is -0.506 e. The van der Waals surface area contributed by atoms with Crippen molar-refractivity contribution in [2.45, 2.75) is 0 Å². The first-order valence-electron chi connectivity index (χ1n) is 5.86. The van der Waals surface area contributed by atoms with Gasteiger partial charge in [-0.15, -0.1) is 0 Å². The Hall–Kier alpha value is -0.330. The van der Waals surface area contributed by atoms with Crippen LogP contribution in [0.3, 0.4) is 0 Å². The van der Waals surface area contributed by atoms with Crippen molar-refractivity contribution in [1.82, 2.24) is 4.90 Å². The van der Waals surface area contributed by atoms with Gasteiger partial charge in [-0.05, 0) is 80.7 Å². The molecular formula is C13H11I2NO4S. The molecule has 1 N–H and O–H groups in total. The molecule has 21 heavy (non-hydrogen) atoms. The van der Waals surface area contributed by atoms with Crippen molar-refractivity contribution >= 4 is 74.2 Å². The molecule has 1 aromatic carbocycles. The lowest BCUT2D eigenvalue weighted by atomic mass is 10.2. The van der Waals surface area contributed by atoms with Crippen LogP contribution in [0.2, 0.25) is 0 Å². The summed E-state index contributed by atoms with van der Waals surface area (Å²) in [7, 11) is 1.52. The number of ether oxygens (including phenoxy) is 1. The highest BCUT2D eigenvalue weighted by molar-refractivity contribution is 14.1. The zero-order valence-corrected chi connectivity index (χ0v) is 16.1.